The van der Waals surface area contributed by atoms with Gasteiger partial charge in [-0.1, -0.05) is 6.07 Å². The van der Waals surface area contributed by atoms with Crippen LogP contribution in [0.3, 0.4) is 0 Å². The van der Waals surface area contributed by atoms with Crippen LogP contribution in [-0.2, 0) is 6.54 Å². The third-order valence-corrected chi connectivity index (χ3v) is 4.37. The summed E-state index contributed by atoms with van der Waals surface area (Å²) < 4.78 is 45.5. The quantitative estimate of drug-likeness (QED) is 0.866. The predicted molar refractivity (Wildman–Crippen MR) is 87.7 cm³/mol. The molecule has 2 aromatic rings. The Balaban J connectivity index is 1.60. The molecule has 1 fully saturated rings. The molecule has 1 aliphatic carbocycles. The number of rotatable bonds is 5. The number of nitrogens with one attached hydrogen (secondary N) is 1. The SMILES string of the molecule is O[C@@H]1[C@@H](NCc2cc(F)cc(F)c2)CCC[C@H]1Oc1cccc(F)c1. The van der Waals surface area contributed by atoms with Crippen molar-refractivity contribution in [1.29, 1.82) is 0 Å². The molecule has 25 heavy (non-hydrogen) atoms. The first-order valence-corrected chi connectivity index (χ1v) is 8.30. The lowest BCUT2D eigenvalue weighted by atomic mass is 9.89. The van der Waals surface area contributed by atoms with Gasteiger partial charge in [-0.05, 0) is 49.1 Å². The maximum Gasteiger partial charge on any atom is 0.126 e. The highest BCUT2D eigenvalue weighted by atomic mass is 19.1. The lowest BCUT2D eigenvalue weighted by Crippen LogP contribution is -2.50. The van der Waals surface area contributed by atoms with Gasteiger partial charge in [0.2, 0.25) is 0 Å². The minimum atomic E-state index is -0.796. The second-order valence-electron chi connectivity index (χ2n) is 6.30. The molecule has 0 aliphatic heterocycles. The molecule has 3 atom stereocenters. The minimum absolute atomic E-state index is 0.239. The van der Waals surface area contributed by atoms with Crippen molar-refractivity contribution in [3.63, 3.8) is 0 Å². The average Bonchev–Trinajstić information content (AvgIpc) is 2.55. The van der Waals surface area contributed by atoms with E-state index < -0.39 is 29.7 Å². The van der Waals surface area contributed by atoms with Crippen LogP contribution in [0.1, 0.15) is 24.8 Å². The molecule has 1 saturated carbocycles. The lowest BCUT2D eigenvalue weighted by molar-refractivity contribution is -0.0158. The van der Waals surface area contributed by atoms with Crippen molar-refractivity contribution in [2.45, 2.75) is 44.1 Å². The van der Waals surface area contributed by atoms with Crippen LogP contribution < -0.4 is 10.1 Å². The van der Waals surface area contributed by atoms with Crippen LogP contribution in [0.15, 0.2) is 42.5 Å². The zero-order valence-electron chi connectivity index (χ0n) is 13.6. The number of ether oxygens (including phenoxy) is 1. The maximum atomic E-state index is 13.3. The molecule has 0 saturated heterocycles. The van der Waals surface area contributed by atoms with Gasteiger partial charge >= 0.3 is 0 Å². The summed E-state index contributed by atoms with van der Waals surface area (Å²) in [6.07, 6.45) is 0.950. The first kappa shape index (κ1) is 17.8. The Bertz CT molecular complexity index is 705. The van der Waals surface area contributed by atoms with E-state index in [0.29, 0.717) is 17.7 Å². The van der Waals surface area contributed by atoms with Gasteiger partial charge < -0.3 is 15.2 Å². The normalized spacial score (nSPS) is 23.4. The smallest absolute Gasteiger partial charge is 0.126 e. The molecule has 0 unspecified atom stereocenters. The molecule has 0 amide bonds. The first-order chi connectivity index (χ1) is 12.0. The fourth-order valence-corrected chi connectivity index (χ4v) is 3.17. The van der Waals surface area contributed by atoms with E-state index >= 15 is 0 Å². The highest BCUT2D eigenvalue weighted by Crippen LogP contribution is 2.25. The van der Waals surface area contributed by atoms with Gasteiger partial charge in [0, 0.05) is 24.7 Å². The zero-order valence-corrected chi connectivity index (χ0v) is 13.6. The van der Waals surface area contributed by atoms with Crippen LogP contribution >= 0.6 is 0 Å². The van der Waals surface area contributed by atoms with Crippen LogP contribution in [0.2, 0.25) is 0 Å². The van der Waals surface area contributed by atoms with Crippen molar-refractivity contribution in [2.24, 2.45) is 0 Å². The van der Waals surface area contributed by atoms with E-state index in [9.17, 15) is 18.3 Å². The topological polar surface area (TPSA) is 41.5 Å². The molecule has 3 nitrogen and oxygen atoms in total. The molecular formula is C19H20F3NO2. The molecular weight excluding hydrogens is 331 g/mol. The molecule has 2 aromatic carbocycles. The molecule has 0 heterocycles. The van der Waals surface area contributed by atoms with Gasteiger partial charge in [0.1, 0.15) is 35.4 Å². The standard InChI is InChI=1S/C19H20F3NO2/c20-13-3-1-4-16(10-13)25-18-6-2-5-17(19(18)24)23-11-12-7-14(21)9-15(22)8-12/h1,3-4,7-10,17-19,23-24H,2,5-6,11H2/t17-,18+,19+/m0/s1. The summed E-state index contributed by atoms with van der Waals surface area (Å²) in [6, 6.07) is 8.86. The van der Waals surface area contributed by atoms with Gasteiger partial charge in [-0.2, -0.15) is 0 Å². The van der Waals surface area contributed by atoms with Crippen LogP contribution in [0.4, 0.5) is 13.2 Å². The largest absolute Gasteiger partial charge is 0.488 e. The second kappa shape index (κ2) is 7.89. The van der Waals surface area contributed by atoms with Gasteiger partial charge in [-0.3, -0.25) is 0 Å². The summed E-state index contributed by atoms with van der Waals surface area (Å²) >= 11 is 0. The van der Waals surface area contributed by atoms with E-state index in [1.165, 1.54) is 24.3 Å². The van der Waals surface area contributed by atoms with Crippen molar-refractivity contribution in [3.05, 3.63) is 65.5 Å². The maximum absolute atomic E-state index is 13.3. The fraction of sp³-hybridized carbons (Fsp3) is 0.368. The number of halogens is 3. The Morgan fingerprint density at radius 2 is 1.76 bits per heavy atom. The van der Waals surface area contributed by atoms with Gasteiger partial charge in [-0.15, -0.1) is 0 Å². The van der Waals surface area contributed by atoms with Crippen molar-refractivity contribution in [2.75, 3.05) is 0 Å². The predicted octanol–water partition coefficient (Wildman–Crippen LogP) is 3.55. The number of aliphatic hydroxyl groups is 1. The van der Waals surface area contributed by atoms with E-state index in [1.54, 1.807) is 12.1 Å². The highest BCUT2D eigenvalue weighted by molar-refractivity contribution is 5.23. The molecule has 0 radical (unpaired) electrons. The molecule has 0 aromatic heterocycles. The van der Waals surface area contributed by atoms with Crippen molar-refractivity contribution < 1.29 is 23.0 Å². The monoisotopic (exact) mass is 351 g/mol. The Hall–Kier alpha value is -2.05. The summed E-state index contributed by atoms with van der Waals surface area (Å²) in [5.74, 6) is -1.29. The molecule has 6 heteroatoms. The summed E-state index contributed by atoms with van der Waals surface area (Å²) in [4.78, 5) is 0. The number of benzene rings is 2. The molecule has 0 bridgehead atoms. The van der Waals surface area contributed by atoms with E-state index in [4.69, 9.17) is 4.74 Å². The Kier molecular flexibility index (Phi) is 5.60. The summed E-state index contributed by atoms with van der Waals surface area (Å²) in [7, 11) is 0. The molecule has 2 N–H and O–H groups in total. The van der Waals surface area contributed by atoms with Crippen LogP contribution in [0.5, 0.6) is 5.75 Å². The average molecular weight is 351 g/mol. The molecule has 1 aliphatic rings. The van der Waals surface area contributed by atoms with E-state index in [2.05, 4.69) is 5.32 Å². The van der Waals surface area contributed by atoms with Crippen molar-refractivity contribution >= 4 is 0 Å². The van der Waals surface area contributed by atoms with Crippen LogP contribution in [0.25, 0.3) is 0 Å². The lowest BCUT2D eigenvalue weighted by Gasteiger charge is -2.35. The fourth-order valence-electron chi connectivity index (χ4n) is 3.17. The molecule has 3 rings (SSSR count). The van der Waals surface area contributed by atoms with Crippen molar-refractivity contribution in [1.82, 2.24) is 5.32 Å². The van der Waals surface area contributed by atoms with Gasteiger partial charge in [0.05, 0.1) is 0 Å². The molecule has 0 spiro atoms. The van der Waals surface area contributed by atoms with E-state index in [0.717, 1.165) is 18.9 Å². The van der Waals surface area contributed by atoms with Gasteiger partial charge in [-0.25, -0.2) is 13.2 Å². The summed E-state index contributed by atoms with van der Waals surface area (Å²) in [5.41, 5.74) is 0.470. The Morgan fingerprint density at radius 3 is 2.48 bits per heavy atom. The van der Waals surface area contributed by atoms with E-state index in [1.807, 2.05) is 0 Å². The van der Waals surface area contributed by atoms with Crippen LogP contribution in [-0.4, -0.2) is 23.4 Å². The van der Waals surface area contributed by atoms with Gasteiger partial charge in [0.15, 0.2) is 0 Å². The first-order valence-electron chi connectivity index (χ1n) is 8.30. The minimum Gasteiger partial charge on any atom is -0.488 e. The number of hydrogen-bond donors (Lipinski definition) is 2. The summed E-state index contributed by atoms with van der Waals surface area (Å²) in [6.45, 7) is 0.239. The van der Waals surface area contributed by atoms with Crippen molar-refractivity contribution in [3.8, 4) is 5.75 Å². The second-order valence-corrected chi connectivity index (χ2v) is 6.30. The highest BCUT2D eigenvalue weighted by Gasteiger charge is 2.33. The third kappa shape index (κ3) is 4.74. The Morgan fingerprint density at radius 1 is 1.00 bits per heavy atom. The summed E-state index contributed by atoms with van der Waals surface area (Å²) in [5, 5.41) is 13.6. The van der Waals surface area contributed by atoms with Crippen LogP contribution in [0, 0.1) is 17.5 Å². The third-order valence-electron chi connectivity index (χ3n) is 4.37. The molecule has 134 valence electrons. The number of hydrogen-bond acceptors (Lipinski definition) is 3. The zero-order chi connectivity index (χ0) is 17.8. The van der Waals surface area contributed by atoms with E-state index in [-0.39, 0.29) is 12.6 Å². The van der Waals surface area contributed by atoms with Gasteiger partial charge in [0.25, 0.3) is 0 Å². The Labute approximate surface area is 144 Å². The number of aliphatic hydroxyl groups excluding tert-OH is 1.